The molecule has 4 aromatic rings. The van der Waals surface area contributed by atoms with E-state index in [-0.39, 0.29) is 0 Å². The molecule has 2 nitrogen and oxygen atoms in total. The van der Waals surface area contributed by atoms with Gasteiger partial charge >= 0.3 is 0 Å². The molecule has 4 heteroatoms. The summed E-state index contributed by atoms with van der Waals surface area (Å²) in [5.74, 6) is 0. The number of hydrogen-bond acceptors (Lipinski definition) is 3. The van der Waals surface area contributed by atoms with Crippen LogP contribution in [0, 0.1) is 0 Å². The molecule has 0 unspecified atom stereocenters. The number of fused-ring (bicyclic) bond motifs is 1. The van der Waals surface area contributed by atoms with Crippen molar-refractivity contribution in [1.29, 1.82) is 0 Å². The Kier molecular flexibility index (Phi) is 5.00. The van der Waals surface area contributed by atoms with Gasteiger partial charge in [0.25, 0.3) is 0 Å². The summed E-state index contributed by atoms with van der Waals surface area (Å²) >= 11 is 7.87. The van der Waals surface area contributed by atoms with Crippen molar-refractivity contribution in [2.24, 2.45) is 0 Å². The Balaban J connectivity index is 1.78. The van der Waals surface area contributed by atoms with Gasteiger partial charge in [-0.1, -0.05) is 78.0 Å². The van der Waals surface area contributed by atoms with E-state index in [0.717, 1.165) is 37.2 Å². The second kappa shape index (κ2) is 7.73. The van der Waals surface area contributed by atoms with Crippen LogP contribution in [0.15, 0.2) is 88.8 Å². The standard InChI is InChI=1S/C22H15ClN2S/c23-18-11-5-4-8-16(18)14-15-21-22(26-17-9-2-1-3-10-17)25-20-13-7-6-12-19(20)24-21/h1-15H/b15-14-. The number of benzene rings is 3. The normalized spacial score (nSPS) is 11.3. The number of hydrogen-bond donors (Lipinski definition) is 0. The van der Waals surface area contributed by atoms with Crippen LogP contribution in [0.1, 0.15) is 11.3 Å². The van der Waals surface area contributed by atoms with E-state index in [4.69, 9.17) is 21.6 Å². The van der Waals surface area contributed by atoms with Crippen molar-refractivity contribution in [1.82, 2.24) is 9.97 Å². The third kappa shape index (κ3) is 3.79. The Morgan fingerprint density at radius 1 is 0.692 bits per heavy atom. The summed E-state index contributed by atoms with van der Waals surface area (Å²) in [5, 5.41) is 1.59. The predicted octanol–water partition coefficient (Wildman–Crippen LogP) is 6.60. The van der Waals surface area contributed by atoms with Crippen molar-refractivity contribution in [2.75, 3.05) is 0 Å². The zero-order valence-corrected chi connectivity index (χ0v) is 15.4. The summed E-state index contributed by atoms with van der Waals surface area (Å²) in [4.78, 5) is 10.8. The first-order valence-corrected chi connectivity index (χ1v) is 9.41. The average molecular weight is 375 g/mol. The van der Waals surface area contributed by atoms with Crippen LogP contribution in [0.2, 0.25) is 5.02 Å². The van der Waals surface area contributed by atoms with E-state index in [1.165, 1.54) is 0 Å². The van der Waals surface area contributed by atoms with Gasteiger partial charge in [0.2, 0.25) is 0 Å². The van der Waals surface area contributed by atoms with Crippen LogP contribution < -0.4 is 0 Å². The fraction of sp³-hybridized carbons (Fsp3) is 0. The molecule has 1 aromatic heterocycles. The van der Waals surface area contributed by atoms with Gasteiger partial charge in [0.1, 0.15) is 5.03 Å². The molecule has 0 amide bonds. The Morgan fingerprint density at radius 3 is 2.12 bits per heavy atom. The fourth-order valence-corrected chi connectivity index (χ4v) is 3.64. The highest BCUT2D eigenvalue weighted by molar-refractivity contribution is 7.99. The number of aromatic nitrogens is 2. The summed E-state index contributed by atoms with van der Waals surface area (Å²) < 4.78 is 0. The molecule has 3 aromatic carbocycles. The highest BCUT2D eigenvalue weighted by atomic mass is 35.5. The van der Waals surface area contributed by atoms with Gasteiger partial charge in [-0.25, -0.2) is 9.97 Å². The van der Waals surface area contributed by atoms with Gasteiger partial charge in [0, 0.05) is 9.92 Å². The number of halogens is 1. The Hall–Kier alpha value is -2.62. The van der Waals surface area contributed by atoms with E-state index in [9.17, 15) is 0 Å². The maximum atomic E-state index is 6.26. The Bertz CT molecular complexity index is 1080. The summed E-state index contributed by atoms with van der Waals surface area (Å²) in [6.07, 6.45) is 3.96. The quantitative estimate of drug-likeness (QED) is 0.402. The minimum atomic E-state index is 0.717. The van der Waals surface area contributed by atoms with Crippen LogP contribution in [0.5, 0.6) is 0 Å². The second-order valence-electron chi connectivity index (χ2n) is 5.67. The topological polar surface area (TPSA) is 25.8 Å². The van der Waals surface area contributed by atoms with E-state index < -0.39 is 0 Å². The molecular formula is C22H15ClN2S. The lowest BCUT2D eigenvalue weighted by Gasteiger charge is -2.07. The average Bonchev–Trinajstić information content (AvgIpc) is 2.68. The molecule has 0 N–H and O–H groups in total. The molecule has 0 spiro atoms. The molecule has 26 heavy (non-hydrogen) atoms. The van der Waals surface area contributed by atoms with Crippen molar-refractivity contribution in [3.63, 3.8) is 0 Å². The van der Waals surface area contributed by atoms with Gasteiger partial charge < -0.3 is 0 Å². The maximum absolute atomic E-state index is 6.26. The fourth-order valence-electron chi connectivity index (χ4n) is 2.56. The highest BCUT2D eigenvalue weighted by Crippen LogP contribution is 2.30. The molecule has 0 bridgehead atoms. The minimum Gasteiger partial charge on any atom is -0.244 e. The molecule has 126 valence electrons. The lowest BCUT2D eigenvalue weighted by molar-refractivity contribution is 1.10. The Labute approximate surface area is 161 Å². The molecule has 0 aliphatic carbocycles. The van der Waals surface area contributed by atoms with Crippen LogP contribution in [0.4, 0.5) is 0 Å². The van der Waals surface area contributed by atoms with Gasteiger partial charge in [-0.3, -0.25) is 0 Å². The molecule has 0 radical (unpaired) electrons. The summed E-state index contributed by atoms with van der Waals surface area (Å²) in [6.45, 7) is 0. The summed E-state index contributed by atoms with van der Waals surface area (Å²) in [6, 6.07) is 25.9. The van der Waals surface area contributed by atoms with Crippen molar-refractivity contribution in [3.8, 4) is 0 Å². The first-order chi connectivity index (χ1) is 12.8. The first kappa shape index (κ1) is 16.8. The van der Waals surface area contributed by atoms with E-state index in [0.29, 0.717) is 0 Å². The zero-order valence-electron chi connectivity index (χ0n) is 13.8. The monoisotopic (exact) mass is 374 g/mol. The molecule has 0 saturated heterocycles. The van der Waals surface area contributed by atoms with Crippen LogP contribution in [-0.4, -0.2) is 9.97 Å². The van der Waals surface area contributed by atoms with E-state index in [1.54, 1.807) is 11.8 Å². The maximum Gasteiger partial charge on any atom is 0.127 e. The molecule has 0 aliphatic heterocycles. The van der Waals surface area contributed by atoms with Crippen LogP contribution >= 0.6 is 23.4 Å². The second-order valence-corrected chi connectivity index (χ2v) is 7.14. The van der Waals surface area contributed by atoms with Gasteiger partial charge in [-0.15, -0.1) is 0 Å². The third-order valence-corrected chi connectivity index (χ3v) is 5.19. The number of para-hydroxylation sites is 2. The largest absolute Gasteiger partial charge is 0.244 e. The first-order valence-electron chi connectivity index (χ1n) is 8.22. The smallest absolute Gasteiger partial charge is 0.127 e. The molecule has 4 rings (SSSR count). The minimum absolute atomic E-state index is 0.717. The van der Waals surface area contributed by atoms with Crippen molar-refractivity contribution in [2.45, 2.75) is 9.92 Å². The van der Waals surface area contributed by atoms with E-state index in [2.05, 4.69) is 12.1 Å². The molecule has 0 aliphatic rings. The van der Waals surface area contributed by atoms with Gasteiger partial charge in [0.15, 0.2) is 0 Å². The molecular weight excluding hydrogens is 360 g/mol. The summed E-state index contributed by atoms with van der Waals surface area (Å²) in [7, 11) is 0. The SMILES string of the molecule is Clc1ccccc1/C=C\c1nc2ccccc2nc1Sc1ccccc1. The van der Waals surface area contributed by atoms with Gasteiger partial charge in [-0.05, 0) is 42.0 Å². The van der Waals surface area contributed by atoms with Crippen molar-refractivity contribution < 1.29 is 0 Å². The van der Waals surface area contributed by atoms with Crippen LogP contribution in [0.25, 0.3) is 23.2 Å². The van der Waals surface area contributed by atoms with E-state index in [1.807, 2.05) is 78.9 Å². The predicted molar refractivity (Wildman–Crippen MR) is 110 cm³/mol. The van der Waals surface area contributed by atoms with Gasteiger partial charge in [0.05, 0.1) is 16.7 Å². The molecule has 0 fully saturated rings. The van der Waals surface area contributed by atoms with Gasteiger partial charge in [-0.2, -0.15) is 0 Å². The molecule has 0 saturated carbocycles. The van der Waals surface area contributed by atoms with Crippen molar-refractivity contribution in [3.05, 3.63) is 95.1 Å². The summed E-state index contributed by atoms with van der Waals surface area (Å²) in [5.41, 5.74) is 3.56. The van der Waals surface area contributed by atoms with Crippen molar-refractivity contribution >= 4 is 46.5 Å². The van der Waals surface area contributed by atoms with Crippen LogP contribution in [0.3, 0.4) is 0 Å². The number of rotatable bonds is 4. The lowest BCUT2D eigenvalue weighted by Crippen LogP contribution is -1.93. The number of nitrogens with zero attached hydrogens (tertiary/aromatic N) is 2. The zero-order chi connectivity index (χ0) is 17.8. The highest BCUT2D eigenvalue weighted by Gasteiger charge is 2.08. The Morgan fingerprint density at radius 2 is 1.35 bits per heavy atom. The molecule has 1 heterocycles. The van der Waals surface area contributed by atoms with E-state index >= 15 is 0 Å². The third-order valence-electron chi connectivity index (χ3n) is 3.85. The lowest BCUT2D eigenvalue weighted by atomic mass is 10.2. The molecule has 0 atom stereocenters. The van der Waals surface area contributed by atoms with Crippen LogP contribution in [-0.2, 0) is 0 Å².